The van der Waals surface area contributed by atoms with Crippen LogP contribution in [0.2, 0.25) is 0 Å². The number of aromatic amines is 1. The molecule has 2 heterocycles. The van der Waals surface area contributed by atoms with Gasteiger partial charge in [0.25, 0.3) is 0 Å². The Hall–Kier alpha value is -0.830. The van der Waals surface area contributed by atoms with Crippen LogP contribution in [0.25, 0.3) is 0 Å². The molecule has 19 heteroatoms. The van der Waals surface area contributed by atoms with Crippen LogP contribution in [0, 0.1) is 6.92 Å². The zero-order valence-corrected chi connectivity index (χ0v) is 17.0. The van der Waals surface area contributed by atoms with Crippen LogP contribution in [0.15, 0.2) is 11.0 Å². The van der Waals surface area contributed by atoms with Crippen molar-refractivity contribution in [3.05, 3.63) is 27.9 Å². The summed E-state index contributed by atoms with van der Waals surface area (Å²) >= 11 is 0. The van der Waals surface area contributed by atoms with Crippen LogP contribution in [0.3, 0.4) is 0 Å². The fourth-order valence-electron chi connectivity index (χ4n) is 2.39. The number of aliphatic hydroxyl groups excluding tert-OH is 2. The molecule has 29 heavy (non-hydrogen) atoms. The van der Waals surface area contributed by atoms with Crippen molar-refractivity contribution in [1.29, 1.82) is 0 Å². The fourth-order valence-corrected chi connectivity index (χ4v) is 5.42. The normalized spacial score (nSPS) is 29.3. The number of ether oxygens (including phenoxy) is 1. The lowest BCUT2D eigenvalue weighted by molar-refractivity contribution is -0.0226. The number of rotatable bonds is 8. The molecule has 0 aliphatic carbocycles. The van der Waals surface area contributed by atoms with Gasteiger partial charge in [-0.25, -0.2) is 23.5 Å². The Bertz CT molecular complexity index is 944. The van der Waals surface area contributed by atoms with E-state index in [2.05, 4.69) is 23.1 Å². The predicted molar refractivity (Wildman–Crippen MR) is 89.0 cm³/mol. The summed E-state index contributed by atoms with van der Waals surface area (Å²) in [6.45, 7) is 0.522. The smallest absolute Gasteiger partial charge is 0.387 e. The molecule has 1 fully saturated rings. The van der Waals surface area contributed by atoms with Gasteiger partial charge in [0.1, 0.15) is 24.4 Å². The van der Waals surface area contributed by atoms with E-state index < -0.39 is 60.2 Å². The molecule has 0 radical (unpaired) electrons. The average molecular weight is 482 g/mol. The molecule has 6 atom stereocenters. The summed E-state index contributed by atoms with van der Waals surface area (Å²) < 4.78 is 50.3. The zero-order chi connectivity index (χ0) is 22.2. The topological polar surface area (TPSA) is 255 Å². The van der Waals surface area contributed by atoms with Crippen molar-refractivity contribution in [3.8, 4) is 0 Å². The SMILES string of the molecule is Cc1[nH]c(=O)ncc1[C@@H]1O[C@H](COP(=O)(O)OP(=O)(O)OP(=O)(O)O)C(O)[C@@H]1O. The van der Waals surface area contributed by atoms with Gasteiger partial charge in [0.05, 0.1) is 6.61 Å². The summed E-state index contributed by atoms with van der Waals surface area (Å²) in [5.41, 5.74) is -0.185. The van der Waals surface area contributed by atoms with Crippen molar-refractivity contribution in [1.82, 2.24) is 9.97 Å². The summed E-state index contributed by atoms with van der Waals surface area (Å²) in [4.78, 5) is 52.4. The molecular weight excluding hydrogens is 465 g/mol. The van der Waals surface area contributed by atoms with Crippen LogP contribution in [-0.2, 0) is 31.6 Å². The van der Waals surface area contributed by atoms with Crippen LogP contribution in [-0.4, -0.2) is 64.7 Å². The van der Waals surface area contributed by atoms with E-state index in [1.54, 1.807) is 0 Å². The maximum atomic E-state index is 11.7. The van der Waals surface area contributed by atoms with Crippen LogP contribution in [0.1, 0.15) is 17.4 Å². The first kappa shape index (κ1) is 24.4. The Morgan fingerprint density at radius 2 is 1.72 bits per heavy atom. The first-order chi connectivity index (χ1) is 13.1. The molecule has 0 aromatic carbocycles. The van der Waals surface area contributed by atoms with Gasteiger partial charge in [0.2, 0.25) is 0 Å². The Kier molecular flexibility index (Phi) is 7.36. The highest BCUT2D eigenvalue weighted by atomic mass is 31.3. The van der Waals surface area contributed by atoms with Gasteiger partial charge >= 0.3 is 29.2 Å². The number of phosphoric acid groups is 3. The largest absolute Gasteiger partial charge is 0.490 e. The fraction of sp³-hybridized carbons (Fsp3) is 0.600. The van der Waals surface area contributed by atoms with Crippen molar-refractivity contribution in [2.24, 2.45) is 0 Å². The summed E-state index contributed by atoms with van der Waals surface area (Å²) in [6.07, 6.45) is -4.76. The van der Waals surface area contributed by atoms with E-state index in [1.807, 2.05) is 0 Å². The summed E-state index contributed by atoms with van der Waals surface area (Å²) in [5, 5.41) is 20.1. The summed E-state index contributed by atoms with van der Waals surface area (Å²) in [7, 11) is -16.6. The van der Waals surface area contributed by atoms with E-state index in [0.717, 1.165) is 6.20 Å². The number of phosphoric ester groups is 1. The molecule has 166 valence electrons. The van der Waals surface area contributed by atoms with E-state index in [1.165, 1.54) is 6.92 Å². The molecule has 0 amide bonds. The van der Waals surface area contributed by atoms with Crippen LogP contribution in [0.4, 0.5) is 0 Å². The highest BCUT2D eigenvalue weighted by Gasteiger charge is 2.46. The molecule has 1 saturated heterocycles. The van der Waals surface area contributed by atoms with Crippen molar-refractivity contribution < 1.29 is 61.4 Å². The quantitative estimate of drug-likeness (QED) is 0.210. The predicted octanol–water partition coefficient (Wildman–Crippen LogP) is -1.42. The highest BCUT2D eigenvalue weighted by Crippen LogP contribution is 2.66. The van der Waals surface area contributed by atoms with Gasteiger partial charge in [-0.3, -0.25) is 4.52 Å². The number of hydrogen-bond donors (Lipinski definition) is 7. The van der Waals surface area contributed by atoms with Crippen molar-refractivity contribution >= 4 is 23.5 Å². The molecule has 0 bridgehead atoms. The third kappa shape index (κ3) is 6.84. The first-order valence-corrected chi connectivity index (χ1v) is 12.0. The standard InChI is InChI=1S/C10H17N2O14P3/c1-4-5(2-11-10(15)12-4)9-8(14)7(13)6(24-9)3-23-28(19,20)26-29(21,22)25-27(16,17)18/h2,6-9,13-14H,3H2,1H3,(H,19,20)(H,21,22)(H,11,12,15)(H2,16,17,18)/t6-,7?,8+,9+/m1/s1. The minimum absolute atomic E-state index is 0.206. The van der Waals surface area contributed by atoms with E-state index in [-0.39, 0.29) is 11.3 Å². The molecule has 1 aliphatic rings. The van der Waals surface area contributed by atoms with Crippen molar-refractivity contribution in [3.63, 3.8) is 0 Å². The second-order valence-electron chi connectivity index (χ2n) is 5.73. The monoisotopic (exact) mass is 482 g/mol. The molecule has 2 rings (SSSR count). The van der Waals surface area contributed by atoms with E-state index in [0.29, 0.717) is 0 Å². The van der Waals surface area contributed by atoms with Gasteiger partial charge in [-0.2, -0.15) is 8.62 Å². The van der Waals surface area contributed by atoms with Gasteiger partial charge in [-0.15, -0.1) is 0 Å². The van der Waals surface area contributed by atoms with Gasteiger partial charge in [-0.1, -0.05) is 0 Å². The van der Waals surface area contributed by atoms with Gasteiger partial charge in [-0.05, 0) is 6.92 Å². The summed E-state index contributed by atoms with van der Waals surface area (Å²) in [6, 6.07) is 0. The Morgan fingerprint density at radius 3 is 2.28 bits per heavy atom. The molecule has 3 unspecified atom stereocenters. The van der Waals surface area contributed by atoms with Gasteiger partial charge < -0.3 is 39.5 Å². The Balaban J connectivity index is 2.05. The molecule has 1 aromatic rings. The van der Waals surface area contributed by atoms with E-state index >= 15 is 0 Å². The van der Waals surface area contributed by atoms with Crippen LogP contribution < -0.4 is 5.69 Å². The summed E-state index contributed by atoms with van der Waals surface area (Å²) in [5.74, 6) is 0. The third-order valence-corrected chi connectivity index (χ3v) is 7.34. The number of aromatic nitrogens is 2. The molecular formula is C10H17N2O14P3. The molecule has 7 N–H and O–H groups in total. The van der Waals surface area contributed by atoms with Crippen LogP contribution in [0.5, 0.6) is 0 Å². The lowest BCUT2D eigenvalue weighted by Gasteiger charge is -2.19. The minimum Gasteiger partial charge on any atom is -0.387 e. The second kappa shape index (κ2) is 8.73. The van der Waals surface area contributed by atoms with Crippen molar-refractivity contribution in [2.75, 3.05) is 6.61 Å². The van der Waals surface area contributed by atoms with Gasteiger partial charge in [0.15, 0.2) is 0 Å². The lowest BCUT2D eigenvalue weighted by Crippen LogP contribution is -2.33. The molecule has 1 aliphatic heterocycles. The maximum absolute atomic E-state index is 11.7. The number of aryl methyl sites for hydroxylation is 1. The number of hydrogen-bond acceptors (Lipinski definition) is 11. The second-order valence-corrected chi connectivity index (χ2v) is 10.2. The lowest BCUT2D eigenvalue weighted by atomic mass is 10.0. The molecule has 16 nitrogen and oxygen atoms in total. The number of nitrogens with zero attached hydrogens (tertiary/aromatic N) is 1. The number of H-pyrrole nitrogens is 1. The Labute approximate surface area is 161 Å². The third-order valence-electron chi connectivity index (χ3n) is 3.54. The number of nitrogens with one attached hydrogen (secondary N) is 1. The highest BCUT2D eigenvalue weighted by molar-refractivity contribution is 7.66. The first-order valence-electron chi connectivity index (χ1n) is 7.46. The minimum atomic E-state index is -5.69. The molecule has 0 saturated carbocycles. The van der Waals surface area contributed by atoms with E-state index in [4.69, 9.17) is 19.4 Å². The van der Waals surface area contributed by atoms with Crippen molar-refractivity contribution in [2.45, 2.75) is 31.3 Å². The van der Waals surface area contributed by atoms with Crippen LogP contribution >= 0.6 is 23.5 Å². The maximum Gasteiger partial charge on any atom is 0.490 e. The zero-order valence-electron chi connectivity index (χ0n) is 14.3. The number of aliphatic hydroxyl groups is 2. The molecule has 0 spiro atoms. The average Bonchev–Trinajstić information content (AvgIpc) is 2.78. The van der Waals surface area contributed by atoms with Gasteiger partial charge in [0, 0.05) is 17.5 Å². The molecule has 1 aromatic heterocycles. The van der Waals surface area contributed by atoms with E-state index in [9.17, 15) is 33.6 Å². The Morgan fingerprint density at radius 1 is 1.10 bits per heavy atom.